The normalized spacial score (nSPS) is 17.5. The summed E-state index contributed by atoms with van der Waals surface area (Å²) in [7, 11) is 2.08. The van der Waals surface area contributed by atoms with Crippen LogP contribution in [0.15, 0.2) is 12.4 Å². The Morgan fingerprint density at radius 1 is 1.42 bits per heavy atom. The first-order valence-electron chi connectivity index (χ1n) is 7.57. The SMILES string of the molecule is CC(C)N(CCc1nccn1C)CC1CCNCC1. The molecule has 19 heavy (non-hydrogen) atoms. The maximum atomic E-state index is 4.42. The van der Waals surface area contributed by atoms with Gasteiger partial charge in [-0.1, -0.05) is 0 Å². The molecule has 0 bridgehead atoms. The van der Waals surface area contributed by atoms with Crippen molar-refractivity contribution in [1.29, 1.82) is 0 Å². The molecule has 0 saturated carbocycles. The van der Waals surface area contributed by atoms with Crippen molar-refractivity contribution in [3.05, 3.63) is 18.2 Å². The van der Waals surface area contributed by atoms with Crippen LogP contribution in [0.4, 0.5) is 0 Å². The van der Waals surface area contributed by atoms with Gasteiger partial charge in [-0.05, 0) is 45.7 Å². The third kappa shape index (κ3) is 4.32. The second kappa shape index (κ2) is 7.06. The smallest absolute Gasteiger partial charge is 0.109 e. The summed E-state index contributed by atoms with van der Waals surface area (Å²) in [5.41, 5.74) is 0. The quantitative estimate of drug-likeness (QED) is 0.848. The summed E-state index contributed by atoms with van der Waals surface area (Å²) in [5.74, 6) is 2.06. The number of nitrogens with zero attached hydrogens (tertiary/aromatic N) is 3. The molecule has 1 fully saturated rings. The molecule has 0 unspecified atom stereocenters. The number of hydrogen-bond acceptors (Lipinski definition) is 3. The van der Waals surface area contributed by atoms with Gasteiger partial charge in [0.15, 0.2) is 0 Å². The molecule has 0 aromatic carbocycles. The Balaban J connectivity index is 1.83. The van der Waals surface area contributed by atoms with Crippen LogP contribution in [0.2, 0.25) is 0 Å². The van der Waals surface area contributed by atoms with Gasteiger partial charge in [-0.25, -0.2) is 4.98 Å². The zero-order valence-electron chi connectivity index (χ0n) is 12.6. The lowest BCUT2D eigenvalue weighted by Crippen LogP contribution is -2.40. The molecule has 1 aromatic heterocycles. The van der Waals surface area contributed by atoms with Crippen LogP contribution in [-0.2, 0) is 13.5 Å². The predicted octanol–water partition coefficient (Wildman–Crippen LogP) is 1.67. The topological polar surface area (TPSA) is 33.1 Å². The number of aromatic nitrogens is 2. The van der Waals surface area contributed by atoms with Crippen molar-refractivity contribution < 1.29 is 0 Å². The Morgan fingerprint density at radius 2 is 2.16 bits per heavy atom. The fourth-order valence-corrected chi connectivity index (χ4v) is 2.84. The maximum Gasteiger partial charge on any atom is 0.109 e. The largest absolute Gasteiger partial charge is 0.338 e. The van der Waals surface area contributed by atoms with Gasteiger partial charge in [-0.15, -0.1) is 0 Å². The third-order valence-electron chi connectivity index (χ3n) is 4.23. The molecular formula is C15H28N4. The van der Waals surface area contributed by atoms with Gasteiger partial charge in [0.2, 0.25) is 0 Å². The second-order valence-corrected chi connectivity index (χ2v) is 5.99. The van der Waals surface area contributed by atoms with E-state index >= 15 is 0 Å². The number of nitrogens with one attached hydrogen (secondary N) is 1. The van der Waals surface area contributed by atoms with Crippen molar-refractivity contribution in [2.24, 2.45) is 13.0 Å². The van der Waals surface area contributed by atoms with Crippen molar-refractivity contribution >= 4 is 0 Å². The molecule has 0 aliphatic carbocycles. The number of piperidine rings is 1. The zero-order chi connectivity index (χ0) is 13.7. The van der Waals surface area contributed by atoms with Crippen molar-refractivity contribution in [3.8, 4) is 0 Å². The third-order valence-corrected chi connectivity index (χ3v) is 4.23. The van der Waals surface area contributed by atoms with Gasteiger partial charge in [0.25, 0.3) is 0 Å². The van der Waals surface area contributed by atoms with Gasteiger partial charge in [0, 0.05) is 45.0 Å². The Labute approximate surface area is 117 Å². The van der Waals surface area contributed by atoms with Crippen LogP contribution in [0.1, 0.15) is 32.5 Å². The lowest BCUT2D eigenvalue weighted by Gasteiger charge is -2.32. The van der Waals surface area contributed by atoms with Gasteiger partial charge >= 0.3 is 0 Å². The highest BCUT2D eigenvalue weighted by atomic mass is 15.2. The highest BCUT2D eigenvalue weighted by Gasteiger charge is 2.19. The highest BCUT2D eigenvalue weighted by Crippen LogP contribution is 2.15. The van der Waals surface area contributed by atoms with Gasteiger partial charge in [0.1, 0.15) is 5.82 Å². The molecule has 1 aromatic rings. The first-order chi connectivity index (χ1) is 9.16. The fourth-order valence-electron chi connectivity index (χ4n) is 2.84. The van der Waals surface area contributed by atoms with E-state index in [0.29, 0.717) is 6.04 Å². The molecule has 4 nitrogen and oxygen atoms in total. The average Bonchev–Trinajstić information content (AvgIpc) is 2.81. The van der Waals surface area contributed by atoms with Gasteiger partial charge in [-0.3, -0.25) is 0 Å². The summed E-state index contributed by atoms with van der Waals surface area (Å²) >= 11 is 0. The summed E-state index contributed by atoms with van der Waals surface area (Å²) in [5, 5.41) is 3.45. The van der Waals surface area contributed by atoms with E-state index in [-0.39, 0.29) is 0 Å². The highest BCUT2D eigenvalue weighted by molar-refractivity contribution is 4.92. The van der Waals surface area contributed by atoms with Gasteiger partial charge in [-0.2, -0.15) is 0 Å². The van der Waals surface area contributed by atoms with Crippen molar-refractivity contribution in [1.82, 2.24) is 19.8 Å². The van der Waals surface area contributed by atoms with E-state index in [4.69, 9.17) is 0 Å². The molecule has 0 amide bonds. The van der Waals surface area contributed by atoms with E-state index in [1.54, 1.807) is 0 Å². The number of aryl methyl sites for hydroxylation is 1. The van der Waals surface area contributed by atoms with Crippen molar-refractivity contribution in [3.63, 3.8) is 0 Å². The Hall–Kier alpha value is -0.870. The first-order valence-corrected chi connectivity index (χ1v) is 7.57. The molecule has 1 saturated heterocycles. The lowest BCUT2D eigenvalue weighted by atomic mass is 9.97. The number of rotatable bonds is 6. The monoisotopic (exact) mass is 264 g/mol. The van der Waals surface area contributed by atoms with Crippen molar-refractivity contribution in [2.75, 3.05) is 26.2 Å². The average molecular weight is 264 g/mol. The van der Waals surface area contributed by atoms with Crippen LogP contribution >= 0.6 is 0 Å². The van der Waals surface area contributed by atoms with Crippen LogP contribution in [0.25, 0.3) is 0 Å². The maximum absolute atomic E-state index is 4.42. The minimum Gasteiger partial charge on any atom is -0.338 e. The zero-order valence-corrected chi connectivity index (χ0v) is 12.6. The number of hydrogen-bond donors (Lipinski definition) is 1. The molecule has 2 rings (SSSR count). The number of imidazole rings is 1. The van der Waals surface area contributed by atoms with Crippen LogP contribution in [-0.4, -0.2) is 46.7 Å². The van der Waals surface area contributed by atoms with E-state index in [1.807, 2.05) is 12.4 Å². The molecule has 1 N–H and O–H groups in total. The van der Waals surface area contributed by atoms with Crippen LogP contribution in [0.3, 0.4) is 0 Å². The van der Waals surface area contributed by atoms with E-state index in [9.17, 15) is 0 Å². The summed E-state index contributed by atoms with van der Waals surface area (Å²) in [4.78, 5) is 7.04. The fraction of sp³-hybridized carbons (Fsp3) is 0.800. The summed E-state index contributed by atoms with van der Waals surface area (Å²) in [6.07, 6.45) is 7.62. The van der Waals surface area contributed by atoms with Crippen LogP contribution < -0.4 is 5.32 Å². The molecular weight excluding hydrogens is 236 g/mol. The molecule has 0 radical (unpaired) electrons. The second-order valence-electron chi connectivity index (χ2n) is 5.99. The Kier molecular flexibility index (Phi) is 5.40. The van der Waals surface area contributed by atoms with Crippen LogP contribution in [0, 0.1) is 5.92 Å². The molecule has 2 heterocycles. The first kappa shape index (κ1) is 14.5. The molecule has 0 spiro atoms. The Morgan fingerprint density at radius 3 is 2.74 bits per heavy atom. The van der Waals surface area contributed by atoms with Gasteiger partial charge < -0.3 is 14.8 Å². The molecule has 1 aliphatic heterocycles. The van der Waals surface area contributed by atoms with E-state index in [2.05, 4.69) is 40.7 Å². The molecule has 108 valence electrons. The lowest BCUT2D eigenvalue weighted by molar-refractivity contribution is 0.170. The standard InChI is InChI=1S/C15H28N4/c1-13(2)19(12-14-4-7-16-8-5-14)10-6-15-17-9-11-18(15)3/h9,11,13-14,16H,4-8,10,12H2,1-3H3. The Bertz CT molecular complexity index is 366. The van der Waals surface area contributed by atoms with Crippen LogP contribution in [0.5, 0.6) is 0 Å². The molecule has 0 atom stereocenters. The van der Waals surface area contributed by atoms with E-state index in [0.717, 1.165) is 18.9 Å². The van der Waals surface area contributed by atoms with Crippen molar-refractivity contribution in [2.45, 2.75) is 39.2 Å². The van der Waals surface area contributed by atoms with E-state index < -0.39 is 0 Å². The summed E-state index contributed by atoms with van der Waals surface area (Å²) in [6, 6.07) is 0.621. The predicted molar refractivity (Wildman–Crippen MR) is 79.2 cm³/mol. The minimum absolute atomic E-state index is 0.621. The molecule has 1 aliphatic rings. The summed E-state index contributed by atoms with van der Waals surface area (Å²) < 4.78 is 2.13. The minimum atomic E-state index is 0.621. The van der Waals surface area contributed by atoms with E-state index in [1.165, 1.54) is 38.3 Å². The summed E-state index contributed by atoms with van der Waals surface area (Å²) in [6.45, 7) is 9.35. The molecule has 4 heteroatoms. The van der Waals surface area contributed by atoms with Gasteiger partial charge in [0.05, 0.1) is 0 Å².